The van der Waals surface area contributed by atoms with E-state index < -0.39 is 5.97 Å². The van der Waals surface area contributed by atoms with Crippen LogP contribution in [0.25, 0.3) is 0 Å². The largest absolute Gasteiger partial charge is 0.463 e. The van der Waals surface area contributed by atoms with E-state index in [2.05, 4.69) is 14.9 Å². The second-order valence-electron chi connectivity index (χ2n) is 4.04. The number of furan rings is 1. The fourth-order valence-corrected chi connectivity index (χ4v) is 2.43. The molecular weight excluding hydrogens is 266 g/mol. The van der Waals surface area contributed by atoms with E-state index in [-0.39, 0.29) is 11.0 Å². The van der Waals surface area contributed by atoms with Gasteiger partial charge in [0, 0.05) is 7.05 Å². The predicted molar refractivity (Wildman–Crippen MR) is 70.1 cm³/mol. The summed E-state index contributed by atoms with van der Waals surface area (Å²) in [5.74, 6) is 1.28. The van der Waals surface area contributed by atoms with Crippen molar-refractivity contribution in [2.45, 2.75) is 24.3 Å². The molecule has 0 bridgehead atoms. The third-order valence-corrected chi connectivity index (χ3v) is 3.90. The Hall–Kier alpha value is -1.76. The van der Waals surface area contributed by atoms with E-state index in [1.54, 1.807) is 12.1 Å². The average molecular weight is 281 g/mol. The van der Waals surface area contributed by atoms with Gasteiger partial charge in [-0.25, -0.2) is 4.79 Å². The van der Waals surface area contributed by atoms with Crippen LogP contribution < -0.4 is 0 Å². The quantitative estimate of drug-likeness (QED) is 0.633. The van der Waals surface area contributed by atoms with Crippen molar-refractivity contribution in [1.29, 1.82) is 0 Å². The number of nitrogens with zero attached hydrogens (tertiary/aromatic N) is 3. The van der Waals surface area contributed by atoms with Gasteiger partial charge in [0.25, 0.3) is 0 Å². The Morgan fingerprint density at radius 1 is 1.47 bits per heavy atom. The normalized spacial score (nSPS) is 12.4. The number of carbonyl (C=O) groups excluding carboxylic acids is 1. The lowest BCUT2D eigenvalue weighted by molar-refractivity contribution is 0.0563. The van der Waals surface area contributed by atoms with Crippen molar-refractivity contribution in [2.24, 2.45) is 7.05 Å². The number of hydrogen-bond donors (Lipinski definition) is 0. The summed E-state index contributed by atoms with van der Waals surface area (Å²) >= 11 is 1.52. The van der Waals surface area contributed by atoms with E-state index in [0.29, 0.717) is 5.76 Å². The molecule has 0 aliphatic heterocycles. The first-order chi connectivity index (χ1) is 9.02. The second kappa shape index (κ2) is 5.48. The Balaban J connectivity index is 2.12. The number of hydrogen-bond acceptors (Lipinski definition) is 6. The molecule has 0 spiro atoms. The lowest BCUT2D eigenvalue weighted by atomic mass is 10.3. The highest BCUT2D eigenvalue weighted by molar-refractivity contribution is 7.99. The van der Waals surface area contributed by atoms with Crippen molar-refractivity contribution in [3.63, 3.8) is 0 Å². The summed E-state index contributed by atoms with van der Waals surface area (Å²) in [5, 5.41) is 8.91. The van der Waals surface area contributed by atoms with Crippen LogP contribution in [0.2, 0.25) is 0 Å². The van der Waals surface area contributed by atoms with Crippen LogP contribution in [-0.4, -0.2) is 27.8 Å². The van der Waals surface area contributed by atoms with E-state index in [1.165, 1.54) is 18.9 Å². The molecule has 0 radical (unpaired) electrons. The van der Waals surface area contributed by atoms with Crippen LogP contribution in [0, 0.1) is 6.92 Å². The zero-order valence-corrected chi connectivity index (χ0v) is 12.0. The van der Waals surface area contributed by atoms with Gasteiger partial charge in [-0.2, -0.15) is 0 Å². The Morgan fingerprint density at radius 2 is 2.21 bits per heavy atom. The first-order valence-electron chi connectivity index (χ1n) is 5.73. The van der Waals surface area contributed by atoms with Gasteiger partial charge in [0.05, 0.1) is 12.4 Å². The summed E-state index contributed by atoms with van der Waals surface area (Å²) in [5.41, 5.74) is 0. The van der Waals surface area contributed by atoms with Crippen molar-refractivity contribution in [1.82, 2.24) is 14.8 Å². The highest BCUT2D eigenvalue weighted by Gasteiger charge is 2.18. The van der Waals surface area contributed by atoms with Crippen molar-refractivity contribution in [2.75, 3.05) is 7.11 Å². The van der Waals surface area contributed by atoms with Crippen molar-refractivity contribution >= 4 is 17.7 Å². The van der Waals surface area contributed by atoms with E-state index in [1.807, 2.05) is 25.5 Å². The SMILES string of the molecule is COC(=O)c1ccc(C(C)Sc2nnc(C)n2C)o1. The predicted octanol–water partition coefficient (Wildman–Crippen LogP) is 2.36. The molecule has 0 aromatic carbocycles. The minimum atomic E-state index is -0.474. The zero-order chi connectivity index (χ0) is 14.0. The first kappa shape index (κ1) is 13.7. The molecule has 0 saturated heterocycles. The minimum Gasteiger partial charge on any atom is -0.463 e. The molecule has 1 atom stereocenters. The topological polar surface area (TPSA) is 70.2 Å². The molecule has 0 N–H and O–H groups in total. The first-order valence-corrected chi connectivity index (χ1v) is 6.61. The zero-order valence-electron chi connectivity index (χ0n) is 11.2. The molecule has 2 aromatic heterocycles. The smallest absolute Gasteiger partial charge is 0.373 e. The summed E-state index contributed by atoms with van der Waals surface area (Å²) in [7, 11) is 3.23. The molecule has 6 nitrogen and oxygen atoms in total. The van der Waals surface area contributed by atoms with Crippen molar-refractivity contribution < 1.29 is 13.9 Å². The third kappa shape index (κ3) is 2.81. The summed E-state index contributed by atoms with van der Waals surface area (Å²) in [6.07, 6.45) is 0. The van der Waals surface area contributed by atoms with E-state index in [4.69, 9.17) is 4.42 Å². The number of esters is 1. The average Bonchev–Trinajstić information content (AvgIpc) is 3.00. The van der Waals surface area contributed by atoms with Crippen molar-refractivity contribution in [3.8, 4) is 0 Å². The number of rotatable bonds is 4. The number of methoxy groups -OCH3 is 1. The fourth-order valence-electron chi connectivity index (χ4n) is 1.49. The van der Waals surface area contributed by atoms with E-state index in [0.717, 1.165) is 11.0 Å². The maximum Gasteiger partial charge on any atom is 0.373 e. The van der Waals surface area contributed by atoms with Gasteiger partial charge in [0.1, 0.15) is 11.6 Å². The van der Waals surface area contributed by atoms with Gasteiger partial charge >= 0.3 is 5.97 Å². The van der Waals surface area contributed by atoms with Crippen LogP contribution in [-0.2, 0) is 11.8 Å². The van der Waals surface area contributed by atoms with Gasteiger partial charge in [-0.3, -0.25) is 0 Å². The maximum absolute atomic E-state index is 11.3. The summed E-state index contributed by atoms with van der Waals surface area (Å²) in [6, 6.07) is 3.38. The molecule has 2 rings (SSSR count). The van der Waals surface area contributed by atoms with E-state index >= 15 is 0 Å². The van der Waals surface area contributed by atoms with Gasteiger partial charge in [-0.05, 0) is 26.0 Å². The van der Waals surface area contributed by atoms with Gasteiger partial charge in [0.15, 0.2) is 5.16 Å². The Morgan fingerprint density at radius 3 is 2.79 bits per heavy atom. The second-order valence-corrected chi connectivity index (χ2v) is 5.35. The maximum atomic E-state index is 11.3. The Kier molecular flexibility index (Phi) is 3.94. The van der Waals surface area contributed by atoms with Crippen LogP contribution in [0.3, 0.4) is 0 Å². The van der Waals surface area contributed by atoms with Crippen LogP contribution in [0.15, 0.2) is 21.7 Å². The highest BCUT2D eigenvalue weighted by atomic mass is 32.2. The lowest BCUT2D eigenvalue weighted by Gasteiger charge is -2.07. The van der Waals surface area contributed by atoms with Crippen LogP contribution in [0.4, 0.5) is 0 Å². The molecular formula is C12H15N3O3S. The summed E-state index contributed by atoms with van der Waals surface area (Å²) < 4.78 is 12.0. The molecule has 2 heterocycles. The van der Waals surface area contributed by atoms with Gasteiger partial charge in [-0.15, -0.1) is 10.2 Å². The molecule has 0 amide bonds. The van der Waals surface area contributed by atoms with Crippen molar-refractivity contribution in [3.05, 3.63) is 29.5 Å². The summed E-state index contributed by atoms with van der Waals surface area (Å²) in [4.78, 5) is 11.3. The monoisotopic (exact) mass is 281 g/mol. The fraction of sp³-hybridized carbons (Fsp3) is 0.417. The Bertz CT molecular complexity index is 591. The molecule has 19 heavy (non-hydrogen) atoms. The van der Waals surface area contributed by atoms with Gasteiger partial charge in [-0.1, -0.05) is 11.8 Å². The standard InChI is InChI=1S/C12H15N3O3S/c1-7(19-12-14-13-8(2)15(12)3)9-5-6-10(18-9)11(16)17-4/h5-7H,1-4H3. The molecule has 0 saturated carbocycles. The number of aromatic nitrogens is 3. The molecule has 0 fully saturated rings. The molecule has 0 aliphatic rings. The number of ether oxygens (including phenoxy) is 1. The number of aryl methyl sites for hydroxylation is 1. The molecule has 2 aromatic rings. The minimum absolute atomic E-state index is 0.0284. The highest BCUT2D eigenvalue weighted by Crippen LogP contribution is 2.34. The van der Waals surface area contributed by atoms with Gasteiger partial charge in [0.2, 0.25) is 5.76 Å². The number of carbonyl (C=O) groups is 1. The third-order valence-electron chi connectivity index (χ3n) is 2.75. The summed E-state index contributed by atoms with van der Waals surface area (Å²) in [6.45, 7) is 3.87. The number of thioether (sulfide) groups is 1. The Labute approximate surface area is 115 Å². The van der Waals surface area contributed by atoms with Crippen LogP contribution in [0.1, 0.15) is 34.3 Å². The van der Waals surface area contributed by atoms with Crippen LogP contribution in [0.5, 0.6) is 0 Å². The molecule has 0 aliphatic carbocycles. The van der Waals surface area contributed by atoms with E-state index in [9.17, 15) is 4.79 Å². The molecule has 7 heteroatoms. The van der Waals surface area contributed by atoms with Gasteiger partial charge < -0.3 is 13.7 Å². The molecule has 1 unspecified atom stereocenters. The molecule has 102 valence electrons. The lowest BCUT2D eigenvalue weighted by Crippen LogP contribution is -1.98. The van der Waals surface area contributed by atoms with Crippen LogP contribution >= 0.6 is 11.8 Å².